The second-order valence-corrected chi connectivity index (χ2v) is 5.21. The van der Waals surface area contributed by atoms with Crippen molar-refractivity contribution in [3.8, 4) is 11.7 Å². The van der Waals surface area contributed by atoms with Crippen LogP contribution in [0.25, 0.3) is 5.69 Å². The van der Waals surface area contributed by atoms with E-state index in [4.69, 9.17) is 4.74 Å². The van der Waals surface area contributed by atoms with Crippen LogP contribution in [0, 0.1) is 13.8 Å². The first-order chi connectivity index (χ1) is 11.6. The molecule has 2 aromatic heterocycles. The first kappa shape index (κ1) is 15.7. The van der Waals surface area contributed by atoms with Gasteiger partial charge in [0.1, 0.15) is 0 Å². The number of carbonyl (C=O) groups is 1. The van der Waals surface area contributed by atoms with Crippen LogP contribution in [-0.4, -0.2) is 32.8 Å². The molecule has 0 spiro atoms. The Hall–Kier alpha value is -3.22. The first-order valence-corrected chi connectivity index (χ1v) is 7.39. The number of nitrogens with one attached hydrogen (secondary N) is 1. The summed E-state index contributed by atoms with van der Waals surface area (Å²) < 4.78 is 6.73. The zero-order chi connectivity index (χ0) is 17.1. The molecule has 1 aromatic carbocycles. The number of methoxy groups -OCH3 is 1. The number of aryl methyl sites for hydroxylation is 2. The molecule has 0 atom stereocenters. The van der Waals surface area contributed by atoms with Crippen LogP contribution in [0.1, 0.15) is 21.7 Å². The highest BCUT2D eigenvalue weighted by molar-refractivity contribution is 6.05. The standard InChI is InChI=1S/C17H17N5O2/c1-11-15(12(2)20-17(19-11)24-3)21-16(23)13-6-4-7-14(10-13)22-9-5-8-18-22/h4-10H,1-3H3,(H,21,23). The molecule has 0 unspecified atom stereocenters. The monoisotopic (exact) mass is 323 g/mol. The van der Waals surface area contributed by atoms with Crippen molar-refractivity contribution in [1.29, 1.82) is 0 Å². The van der Waals surface area contributed by atoms with Gasteiger partial charge in [-0.1, -0.05) is 6.07 Å². The second kappa shape index (κ2) is 6.49. The van der Waals surface area contributed by atoms with Crippen molar-refractivity contribution in [2.75, 3.05) is 12.4 Å². The Labute approximate surface area is 139 Å². The van der Waals surface area contributed by atoms with Crippen LogP contribution in [0.4, 0.5) is 5.69 Å². The number of nitrogens with zero attached hydrogens (tertiary/aromatic N) is 4. The number of anilines is 1. The Balaban J connectivity index is 1.87. The maximum atomic E-state index is 12.6. The zero-order valence-corrected chi connectivity index (χ0v) is 13.6. The molecular weight excluding hydrogens is 306 g/mol. The molecule has 1 amide bonds. The number of benzene rings is 1. The molecule has 3 aromatic rings. The van der Waals surface area contributed by atoms with E-state index >= 15 is 0 Å². The maximum Gasteiger partial charge on any atom is 0.316 e. The molecule has 0 aliphatic rings. The molecule has 122 valence electrons. The molecule has 0 radical (unpaired) electrons. The minimum Gasteiger partial charge on any atom is -0.467 e. The number of ether oxygens (including phenoxy) is 1. The van der Waals surface area contributed by atoms with Crippen molar-refractivity contribution in [3.63, 3.8) is 0 Å². The number of hydrogen-bond acceptors (Lipinski definition) is 5. The molecule has 1 N–H and O–H groups in total. The van der Waals surface area contributed by atoms with Gasteiger partial charge in [-0.05, 0) is 38.1 Å². The average Bonchev–Trinajstić information content (AvgIpc) is 3.12. The second-order valence-electron chi connectivity index (χ2n) is 5.21. The number of carbonyl (C=O) groups excluding carboxylic acids is 1. The Kier molecular flexibility index (Phi) is 4.24. The van der Waals surface area contributed by atoms with E-state index in [1.807, 2.05) is 24.4 Å². The van der Waals surface area contributed by atoms with Crippen LogP contribution < -0.4 is 10.1 Å². The third-order valence-electron chi connectivity index (χ3n) is 3.55. The van der Waals surface area contributed by atoms with Crippen molar-refractivity contribution in [2.24, 2.45) is 0 Å². The van der Waals surface area contributed by atoms with Gasteiger partial charge in [0, 0.05) is 18.0 Å². The summed E-state index contributed by atoms with van der Waals surface area (Å²) in [4.78, 5) is 21.0. The first-order valence-electron chi connectivity index (χ1n) is 7.39. The lowest BCUT2D eigenvalue weighted by Crippen LogP contribution is -2.15. The molecule has 0 aliphatic heterocycles. The highest BCUT2D eigenvalue weighted by Gasteiger charge is 2.14. The van der Waals surface area contributed by atoms with E-state index in [9.17, 15) is 4.79 Å². The van der Waals surface area contributed by atoms with E-state index in [1.54, 1.807) is 36.9 Å². The van der Waals surface area contributed by atoms with Crippen LogP contribution in [0.5, 0.6) is 6.01 Å². The predicted octanol–water partition coefficient (Wildman–Crippen LogP) is 2.54. The van der Waals surface area contributed by atoms with Gasteiger partial charge in [0.05, 0.1) is 29.9 Å². The Bertz CT molecular complexity index is 851. The van der Waals surface area contributed by atoms with Crippen LogP contribution in [0.15, 0.2) is 42.7 Å². The average molecular weight is 323 g/mol. The summed E-state index contributed by atoms with van der Waals surface area (Å²) in [7, 11) is 1.51. The van der Waals surface area contributed by atoms with Gasteiger partial charge in [0.2, 0.25) is 0 Å². The molecular formula is C17H17N5O2. The lowest BCUT2D eigenvalue weighted by molar-refractivity contribution is 0.102. The Morgan fingerprint density at radius 2 is 1.92 bits per heavy atom. The topological polar surface area (TPSA) is 81.9 Å². The van der Waals surface area contributed by atoms with Crippen LogP contribution in [0.2, 0.25) is 0 Å². The van der Waals surface area contributed by atoms with Crippen molar-refractivity contribution >= 4 is 11.6 Å². The van der Waals surface area contributed by atoms with E-state index < -0.39 is 0 Å². The molecule has 2 heterocycles. The van der Waals surface area contributed by atoms with Crippen LogP contribution in [0.3, 0.4) is 0 Å². The van der Waals surface area contributed by atoms with E-state index in [0.29, 0.717) is 22.6 Å². The SMILES string of the molecule is COc1nc(C)c(NC(=O)c2cccc(-n3cccn3)c2)c(C)n1. The molecule has 0 aliphatic carbocycles. The predicted molar refractivity (Wildman–Crippen MR) is 89.6 cm³/mol. The number of rotatable bonds is 4. The molecule has 7 heteroatoms. The normalized spacial score (nSPS) is 10.5. The molecule has 0 saturated carbocycles. The van der Waals surface area contributed by atoms with E-state index in [2.05, 4.69) is 20.4 Å². The summed E-state index contributed by atoms with van der Waals surface area (Å²) >= 11 is 0. The fourth-order valence-corrected chi connectivity index (χ4v) is 2.35. The van der Waals surface area contributed by atoms with Crippen molar-refractivity contribution in [2.45, 2.75) is 13.8 Å². The van der Waals surface area contributed by atoms with Gasteiger partial charge in [-0.3, -0.25) is 4.79 Å². The van der Waals surface area contributed by atoms with Gasteiger partial charge in [-0.25, -0.2) is 4.68 Å². The van der Waals surface area contributed by atoms with Crippen LogP contribution >= 0.6 is 0 Å². The Morgan fingerprint density at radius 3 is 2.54 bits per heavy atom. The summed E-state index contributed by atoms with van der Waals surface area (Å²) in [5, 5.41) is 7.04. The summed E-state index contributed by atoms with van der Waals surface area (Å²) in [6.07, 6.45) is 3.51. The smallest absolute Gasteiger partial charge is 0.316 e. The third-order valence-corrected chi connectivity index (χ3v) is 3.55. The van der Waals surface area contributed by atoms with Crippen molar-refractivity contribution in [1.82, 2.24) is 19.7 Å². The van der Waals surface area contributed by atoms with Gasteiger partial charge in [0.25, 0.3) is 5.91 Å². The fourth-order valence-electron chi connectivity index (χ4n) is 2.35. The van der Waals surface area contributed by atoms with Crippen molar-refractivity contribution < 1.29 is 9.53 Å². The zero-order valence-electron chi connectivity index (χ0n) is 13.6. The molecule has 3 rings (SSSR count). The van der Waals surface area contributed by atoms with Gasteiger partial charge in [-0.15, -0.1) is 0 Å². The molecule has 7 nitrogen and oxygen atoms in total. The minimum atomic E-state index is -0.232. The summed E-state index contributed by atoms with van der Waals surface area (Å²) in [6.45, 7) is 3.60. The summed E-state index contributed by atoms with van der Waals surface area (Å²) in [6, 6.07) is 9.33. The van der Waals surface area contributed by atoms with E-state index in [0.717, 1.165) is 5.69 Å². The van der Waals surface area contributed by atoms with E-state index in [-0.39, 0.29) is 11.9 Å². The molecule has 0 saturated heterocycles. The highest BCUT2D eigenvalue weighted by atomic mass is 16.5. The minimum absolute atomic E-state index is 0.232. The largest absolute Gasteiger partial charge is 0.467 e. The summed E-state index contributed by atoms with van der Waals surface area (Å²) in [5.74, 6) is -0.232. The molecule has 0 bridgehead atoms. The maximum absolute atomic E-state index is 12.6. The van der Waals surface area contributed by atoms with E-state index in [1.165, 1.54) is 7.11 Å². The quantitative estimate of drug-likeness (QED) is 0.798. The number of aromatic nitrogens is 4. The van der Waals surface area contributed by atoms with Gasteiger partial charge < -0.3 is 10.1 Å². The third kappa shape index (κ3) is 3.10. The highest BCUT2D eigenvalue weighted by Crippen LogP contribution is 2.20. The van der Waals surface area contributed by atoms with Crippen molar-refractivity contribution in [3.05, 3.63) is 59.7 Å². The lowest BCUT2D eigenvalue weighted by Gasteiger charge is -2.12. The van der Waals surface area contributed by atoms with Gasteiger partial charge in [-0.2, -0.15) is 15.1 Å². The van der Waals surface area contributed by atoms with Gasteiger partial charge in [0.15, 0.2) is 0 Å². The lowest BCUT2D eigenvalue weighted by atomic mass is 10.1. The Morgan fingerprint density at radius 1 is 1.17 bits per heavy atom. The van der Waals surface area contributed by atoms with Crippen LogP contribution in [-0.2, 0) is 0 Å². The summed E-state index contributed by atoms with van der Waals surface area (Å²) in [5.41, 5.74) is 3.22. The molecule has 0 fully saturated rings. The number of amides is 1. The molecule has 24 heavy (non-hydrogen) atoms. The fraction of sp³-hybridized carbons (Fsp3) is 0.176. The van der Waals surface area contributed by atoms with Gasteiger partial charge >= 0.3 is 6.01 Å². The number of hydrogen-bond donors (Lipinski definition) is 1.